The Bertz CT molecular complexity index is 3280. The summed E-state index contributed by atoms with van der Waals surface area (Å²) in [6.07, 6.45) is 3.03. The van der Waals surface area contributed by atoms with Gasteiger partial charge in [0.2, 0.25) is 23.6 Å². The zero-order chi connectivity index (χ0) is 62.1. The van der Waals surface area contributed by atoms with Crippen molar-refractivity contribution >= 4 is 70.2 Å². The number of amides is 9. The molecule has 464 valence electrons. The molecule has 1 saturated carbocycles. The highest BCUT2D eigenvalue weighted by Gasteiger charge is 2.58. The second-order valence-corrected chi connectivity index (χ2v) is 22.4. The molecule has 4 aliphatic heterocycles. The van der Waals surface area contributed by atoms with Crippen molar-refractivity contribution in [3.63, 3.8) is 0 Å². The van der Waals surface area contributed by atoms with Crippen LogP contribution in [0, 0.1) is 11.3 Å². The van der Waals surface area contributed by atoms with Crippen LogP contribution in [0.1, 0.15) is 90.6 Å². The number of benzene rings is 4. The lowest BCUT2D eigenvalue weighted by molar-refractivity contribution is -0.132. The summed E-state index contributed by atoms with van der Waals surface area (Å²) in [4.78, 5) is 110. The van der Waals surface area contributed by atoms with Crippen LogP contribution in [-0.4, -0.2) is 160 Å². The Hall–Kier alpha value is -9.30. The van der Waals surface area contributed by atoms with Gasteiger partial charge in [-0.3, -0.25) is 28.8 Å². The fourth-order valence-electron chi connectivity index (χ4n) is 11.2. The highest BCUT2D eigenvalue weighted by Crippen LogP contribution is 2.57. The maximum absolute atomic E-state index is 14.5. The Morgan fingerprint density at radius 3 is 2.13 bits per heavy atom. The van der Waals surface area contributed by atoms with E-state index in [-0.39, 0.29) is 91.8 Å². The maximum atomic E-state index is 14.5. The molecule has 0 bridgehead atoms. The van der Waals surface area contributed by atoms with E-state index in [2.05, 4.69) is 31.9 Å². The molecule has 1 unspecified atom stereocenters. The zero-order valence-electron chi connectivity index (χ0n) is 49.2. The normalized spacial score (nSPS) is 18.4. The predicted octanol–water partition coefficient (Wildman–Crippen LogP) is 3.80. The summed E-state index contributed by atoms with van der Waals surface area (Å²) >= 11 is 0. The Balaban J connectivity index is 0.846. The third kappa shape index (κ3) is 14.5. The average Bonchev–Trinajstić information content (AvgIpc) is 1.71. The van der Waals surface area contributed by atoms with Crippen LogP contribution < -0.4 is 72.0 Å². The number of carbonyl (C=O) groups is 8. The van der Waals surface area contributed by atoms with E-state index in [0.717, 1.165) is 34.6 Å². The quantitative estimate of drug-likeness (QED) is 0.0426. The topological polar surface area (TPSA) is 346 Å². The number of rotatable bonds is 25. The highest BCUT2D eigenvalue weighted by molar-refractivity contribution is 6.06. The Morgan fingerprint density at radius 1 is 0.793 bits per heavy atom. The number of fused-ring (bicyclic) bond motifs is 4. The first kappa shape index (κ1) is 62.2. The number of methoxy groups -OCH3 is 3. The average molecular weight is 1200 g/mol. The van der Waals surface area contributed by atoms with Crippen LogP contribution in [0.2, 0.25) is 0 Å². The Labute approximate surface area is 502 Å². The van der Waals surface area contributed by atoms with Crippen LogP contribution in [-0.2, 0) is 30.5 Å². The van der Waals surface area contributed by atoms with Crippen molar-refractivity contribution in [3.05, 3.63) is 101 Å². The van der Waals surface area contributed by atoms with Crippen molar-refractivity contribution in [2.75, 3.05) is 82.8 Å². The summed E-state index contributed by atoms with van der Waals surface area (Å²) in [5.74, 6) is -1.53. The molecule has 4 aromatic carbocycles. The number of primary amides is 1. The van der Waals surface area contributed by atoms with E-state index < -0.39 is 72.6 Å². The third-order valence-corrected chi connectivity index (χ3v) is 16.1. The van der Waals surface area contributed by atoms with Gasteiger partial charge in [-0.15, -0.1) is 0 Å². The van der Waals surface area contributed by atoms with E-state index in [1.165, 1.54) is 26.4 Å². The molecule has 26 heteroatoms. The minimum absolute atomic E-state index is 0.0525. The molecule has 26 nitrogen and oxygen atoms in total. The first-order valence-corrected chi connectivity index (χ1v) is 28.9. The number of carbonyl (C=O) groups excluding carboxylic acids is 8. The number of nitrogens with zero attached hydrogens (tertiary/aromatic N) is 3. The van der Waals surface area contributed by atoms with E-state index in [4.69, 9.17) is 39.9 Å². The van der Waals surface area contributed by atoms with Gasteiger partial charge in [0.1, 0.15) is 24.4 Å². The van der Waals surface area contributed by atoms with Gasteiger partial charge in [0, 0.05) is 50.1 Å². The van der Waals surface area contributed by atoms with Crippen molar-refractivity contribution in [1.29, 1.82) is 0 Å². The molecule has 5 atom stereocenters. The number of ether oxygens (including phenoxy) is 6. The fourth-order valence-corrected chi connectivity index (χ4v) is 11.2. The van der Waals surface area contributed by atoms with Crippen LogP contribution in [0.25, 0.3) is 5.57 Å². The first-order valence-electron chi connectivity index (χ1n) is 28.9. The molecular weight excluding hydrogens is 1130 g/mol. The largest absolute Gasteiger partial charge is 0.497 e. The SMILES string of the molecule is COc1ccc(C2=CN3C(=O)c4cc(OC)c(OCCCOc5cc6c(cc5OC)C(=O)N5CC7(CC7)C[C@H]5C(O)N6C(=O)OCc5ccc(NC(=O)[C@H](CCCNC(N)=O)NC(=O)[C@@H](NC(=O)CNC(=O)CN)C(C)C)cc5)cc4NC[C@@H]3C2)cc1. The van der Waals surface area contributed by atoms with Crippen molar-refractivity contribution < 1.29 is 71.9 Å². The summed E-state index contributed by atoms with van der Waals surface area (Å²) in [5.41, 5.74) is 14.5. The van der Waals surface area contributed by atoms with Crippen molar-refractivity contribution in [2.24, 2.45) is 22.8 Å². The first-order chi connectivity index (χ1) is 41.8. The van der Waals surface area contributed by atoms with E-state index in [9.17, 15) is 43.5 Å². The van der Waals surface area contributed by atoms with Crippen LogP contribution in [0.15, 0.2) is 79.0 Å². The number of aliphatic hydroxyl groups is 1. The number of anilines is 3. The van der Waals surface area contributed by atoms with Gasteiger partial charge in [-0.1, -0.05) is 38.1 Å². The van der Waals surface area contributed by atoms with Gasteiger partial charge in [0.25, 0.3) is 11.8 Å². The summed E-state index contributed by atoms with van der Waals surface area (Å²) in [7, 11) is 4.56. The van der Waals surface area contributed by atoms with Gasteiger partial charge >= 0.3 is 12.1 Å². The molecule has 1 aliphatic carbocycles. The van der Waals surface area contributed by atoms with Crippen LogP contribution in [0.5, 0.6) is 28.7 Å². The van der Waals surface area contributed by atoms with Crippen LogP contribution in [0.4, 0.5) is 26.7 Å². The number of aliphatic hydroxyl groups excluding tert-OH is 1. The number of nitrogens with one attached hydrogen (secondary N) is 6. The standard InChI is InChI=1S/C61H75N11O15/c1-34(2)53(69-52(74)30-66-51(73)28-62)55(76)68-43(8-6-19-64-59(63)80)54(75)67-38-13-9-35(10-14-38)32-87-60(81)72-45-26-50(48(84-5)24-42(45)57(78)71-33-61(17-18-61)27-46(71)58(72)79)86-21-7-20-85-49-25-44-41(23-47(49)83-4)56(77)70-31-37(22-39(70)29-65-44)36-11-15-40(82-3)16-12-36/h9-16,23-26,31,34,39,43,46,53,58,65,79H,6-8,17-22,27-30,32-33,62H2,1-5H3,(H,66,73)(H,67,75)(H,68,76)(H,69,74)(H3,63,64,80)/t39-,43-,46-,53-,58?/m0/s1. The number of hydrogen-bond acceptors (Lipinski definition) is 17. The second-order valence-electron chi connectivity index (χ2n) is 22.4. The lowest BCUT2D eigenvalue weighted by Crippen LogP contribution is -2.55. The molecule has 9 rings (SSSR count). The van der Waals surface area contributed by atoms with Gasteiger partial charge in [0.05, 0.1) is 82.2 Å². The molecule has 1 saturated heterocycles. The maximum Gasteiger partial charge on any atom is 0.416 e. The lowest BCUT2D eigenvalue weighted by atomic mass is 10.0. The van der Waals surface area contributed by atoms with E-state index in [1.807, 2.05) is 30.5 Å². The van der Waals surface area contributed by atoms with Crippen molar-refractivity contribution in [3.8, 4) is 28.7 Å². The monoisotopic (exact) mass is 1200 g/mol. The van der Waals surface area contributed by atoms with Gasteiger partial charge in [0.15, 0.2) is 29.2 Å². The fraction of sp³-hybridized carbons (Fsp3) is 0.443. The van der Waals surface area contributed by atoms with Crippen LogP contribution >= 0.6 is 0 Å². The lowest BCUT2D eigenvalue weighted by Gasteiger charge is -2.31. The third-order valence-electron chi connectivity index (χ3n) is 16.1. The second kappa shape index (κ2) is 27.4. The zero-order valence-corrected chi connectivity index (χ0v) is 49.2. The van der Waals surface area contributed by atoms with Crippen LogP contribution in [0.3, 0.4) is 0 Å². The van der Waals surface area contributed by atoms with E-state index in [1.54, 1.807) is 67.2 Å². The Kier molecular flexibility index (Phi) is 19.6. The number of nitrogens with two attached hydrogens (primary N) is 2. The minimum atomic E-state index is -1.50. The Morgan fingerprint density at radius 2 is 1.48 bits per heavy atom. The molecular formula is C61H75N11O15. The molecule has 11 N–H and O–H groups in total. The molecule has 2 fully saturated rings. The molecule has 1 spiro atoms. The van der Waals surface area contributed by atoms with E-state index in [0.29, 0.717) is 66.4 Å². The molecule has 5 aliphatic rings. The van der Waals surface area contributed by atoms with Gasteiger partial charge in [-0.25, -0.2) is 14.5 Å². The van der Waals surface area contributed by atoms with Gasteiger partial charge in [-0.2, -0.15) is 0 Å². The summed E-state index contributed by atoms with van der Waals surface area (Å²) in [5, 5.41) is 28.5. The molecule has 0 aromatic heterocycles. The van der Waals surface area contributed by atoms with Crippen molar-refractivity contribution in [2.45, 2.75) is 95.8 Å². The molecule has 87 heavy (non-hydrogen) atoms. The smallest absolute Gasteiger partial charge is 0.416 e. The molecule has 0 radical (unpaired) electrons. The molecule has 4 heterocycles. The summed E-state index contributed by atoms with van der Waals surface area (Å²) < 4.78 is 35.2. The van der Waals surface area contributed by atoms with E-state index >= 15 is 0 Å². The number of urea groups is 1. The highest BCUT2D eigenvalue weighted by atomic mass is 16.6. The summed E-state index contributed by atoms with van der Waals surface area (Å²) in [6, 6.07) is 16.7. The summed E-state index contributed by atoms with van der Waals surface area (Å²) in [6.45, 7) is 3.65. The number of hydrogen-bond donors (Lipinski definition) is 9. The minimum Gasteiger partial charge on any atom is -0.497 e. The predicted molar refractivity (Wildman–Crippen MR) is 318 cm³/mol. The van der Waals surface area contributed by atoms with Gasteiger partial charge < -0.3 is 86.7 Å². The van der Waals surface area contributed by atoms with Gasteiger partial charge in [-0.05, 0) is 103 Å². The molecule has 9 amide bonds. The van der Waals surface area contributed by atoms with Crippen molar-refractivity contribution in [1.82, 2.24) is 31.1 Å². The molecule has 4 aromatic rings.